The summed E-state index contributed by atoms with van der Waals surface area (Å²) in [5.74, 6) is -0.422. The van der Waals surface area contributed by atoms with Crippen molar-refractivity contribution in [3.05, 3.63) is 16.6 Å². The smallest absolute Gasteiger partial charge is 0.359 e. The molecule has 0 aromatic carbocycles. The van der Waals surface area contributed by atoms with E-state index in [1.807, 2.05) is 11.5 Å². The number of carbonyl (C=O) groups is 1. The second-order valence-corrected chi connectivity index (χ2v) is 2.91. The van der Waals surface area contributed by atoms with Crippen molar-refractivity contribution in [2.45, 2.75) is 13.5 Å². The fourth-order valence-corrected chi connectivity index (χ4v) is 1.43. The first-order valence-electron chi connectivity index (χ1n) is 3.49. The maximum absolute atomic E-state index is 11.0. The third kappa shape index (κ3) is 1.50. The Morgan fingerprint density at radius 1 is 1.83 bits per heavy atom. The molecule has 0 saturated carbocycles. The molecule has 66 valence electrons. The summed E-state index contributed by atoms with van der Waals surface area (Å²) in [4.78, 5) is 14.9. The summed E-state index contributed by atoms with van der Waals surface area (Å²) in [6.07, 6.45) is 1.59. The highest BCUT2D eigenvalue weighted by Crippen LogP contribution is 2.15. The van der Waals surface area contributed by atoms with Crippen molar-refractivity contribution in [1.82, 2.24) is 9.55 Å². The van der Waals surface area contributed by atoms with Crippen molar-refractivity contribution in [2.75, 3.05) is 7.11 Å². The quantitative estimate of drug-likeness (QED) is 0.726. The Kier molecular flexibility index (Phi) is 2.86. The summed E-state index contributed by atoms with van der Waals surface area (Å²) in [6, 6.07) is 0. The van der Waals surface area contributed by atoms with Crippen LogP contribution in [0.1, 0.15) is 17.4 Å². The van der Waals surface area contributed by atoms with E-state index in [0.717, 1.165) is 6.54 Å². The Bertz CT molecular complexity index is 296. The fraction of sp³-hybridized carbons (Fsp3) is 0.429. The SMILES string of the molecule is CCn1cnc(C(=O)OC)c1Br. The number of methoxy groups -OCH3 is 1. The number of imidazole rings is 1. The molecule has 1 aromatic heterocycles. The Hall–Kier alpha value is -0.840. The molecule has 4 nitrogen and oxygen atoms in total. The highest BCUT2D eigenvalue weighted by molar-refractivity contribution is 9.10. The molecule has 1 rings (SSSR count). The highest BCUT2D eigenvalue weighted by Gasteiger charge is 2.15. The number of nitrogens with zero attached hydrogens (tertiary/aromatic N) is 2. The van der Waals surface area contributed by atoms with E-state index < -0.39 is 5.97 Å². The lowest BCUT2D eigenvalue weighted by molar-refractivity contribution is 0.0593. The zero-order valence-corrected chi connectivity index (χ0v) is 8.46. The first kappa shape index (κ1) is 9.25. The summed E-state index contributed by atoms with van der Waals surface area (Å²) in [7, 11) is 1.33. The molecule has 0 N–H and O–H groups in total. The number of rotatable bonds is 2. The van der Waals surface area contributed by atoms with E-state index >= 15 is 0 Å². The summed E-state index contributed by atoms with van der Waals surface area (Å²) >= 11 is 3.25. The molecule has 1 aromatic rings. The molecule has 0 aliphatic carbocycles. The second kappa shape index (κ2) is 3.71. The lowest BCUT2D eigenvalue weighted by Gasteiger charge is -1.98. The van der Waals surface area contributed by atoms with Gasteiger partial charge < -0.3 is 9.30 Å². The summed E-state index contributed by atoms with van der Waals surface area (Å²) < 4.78 is 7.01. The predicted octanol–water partition coefficient (Wildman–Crippen LogP) is 1.45. The normalized spacial score (nSPS) is 9.92. The van der Waals surface area contributed by atoms with Crippen molar-refractivity contribution >= 4 is 21.9 Å². The van der Waals surface area contributed by atoms with Crippen molar-refractivity contribution < 1.29 is 9.53 Å². The minimum Gasteiger partial charge on any atom is -0.464 e. The van der Waals surface area contributed by atoms with Crippen molar-refractivity contribution in [1.29, 1.82) is 0 Å². The van der Waals surface area contributed by atoms with Crippen LogP contribution in [0.25, 0.3) is 0 Å². The summed E-state index contributed by atoms with van der Waals surface area (Å²) in [5.41, 5.74) is 0.319. The van der Waals surface area contributed by atoms with Crippen LogP contribution in [-0.4, -0.2) is 22.6 Å². The first-order chi connectivity index (χ1) is 5.70. The molecule has 0 radical (unpaired) electrons. The number of aromatic nitrogens is 2. The lowest BCUT2D eigenvalue weighted by Crippen LogP contribution is -2.03. The summed E-state index contributed by atoms with van der Waals surface area (Å²) in [6.45, 7) is 2.73. The van der Waals surface area contributed by atoms with Crippen molar-refractivity contribution in [3.63, 3.8) is 0 Å². The van der Waals surface area contributed by atoms with Crippen molar-refractivity contribution in [2.24, 2.45) is 0 Å². The van der Waals surface area contributed by atoms with Gasteiger partial charge in [0.2, 0.25) is 0 Å². The molecule has 0 unspecified atom stereocenters. The Morgan fingerprint density at radius 3 is 2.92 bits per heavy atom. The van der Waals surface area contributed by atoms with Gasteiger partial charge in [0, 0.05) is 6.54 Å². The zero-order valence-electron chi connectivity index (χ0n) is 6.87. The van der Waals surface area contributed by atoms with Gasteiger partial charge in [-0.3, -0.25) is 0 Å². The Morgan fingerprint density at radius 2 is 2.50 bits per heavy atom. The standard InChI is InChI=1S/C7H9BrN2O2/c1-3-10-4-9-5(6(10)8)7(11)12-2/h4H,3H2,1-2H3. The van der Waals surface area contributed by atoms with E-state index in [2.05, 4.69) is 25.7 Å². The van der Waals surface area contributed by atoms with E-state index in [-0.39, 0.29) is 0 Å². The van der Waals surface area contributed by atoms with E-state index in [4.69, 9.17) is 0 Å². The fourth-order valence-electron chi connectivity index (χ4n) is 0.821. The Labute approximate surface area is 78.7 Å². The molecule has 0 amide bonds. The number of halogens is 1. The second-order valence-electron chi connectivity index (χ2n) is 2.16. The van der Waals surface area contributed by atoms with Crippen LogP contribution in [0.5, 0.6) is 0 Å². The molecular weight excluding hydrogens is 224 g/mol. The monoisotopic (exact) mass is 232 g/mol. The van der Waals surface area contributed by atoms with E-state index in [0.29, 0.717) is 10.3 Å². The molecule has 0 saturated heterocycles. The zero-order chi connectivity index (χ0) is 9.14. The molecule has 5 heteroatoms. The van der Waals surface area contributed by atoms with Crippen LogP contribution in [0, 0.1) is 0 Å². The van der Waals surface area contributed by atoms with E-state index in [1.54, 1.807) is 6.33 Å². The van der Waals surface area contributed by atoms with Gasteiger partial charge >= 0.3 is 5.97 Å². The van der Waals surface area contributed by atoms with Crippen LogP contribution in [0.4, 0.5) is 0 Å². The van der Waals surface area contributed by atoms with E-state index in [9.17, 15) is 4.79 Å². The van der Waals surface area contributed by atoms with Crippen LogP contribution >= 0.6 is 15.9 Å². The number of aryl methyl sites for hydroxylation is 1. The molecule has 0 aliphatic heterocycles. The van der Waals surface area contributed by atoms with Gasteiger partial charge in [-0.05, 0) is 22.9 Å². The van der Waals surface area contributed by atoms with Crippen LogP contribution in [0.15, 0.2) is 10.9 Å². The van der Waals surface area contributed by atoms with Crippen LogP contribution in [-0.2, 0) is 11.3 Å². The number of ether oxygens (including phenoxy) is 1. The minimum atomic E-state index is -0.422. The first-order valence-corrected chi connectivity index (χ1v) is 4.29. The van der Waals surface area contributed by atoms with Crippen LogP contribution < -0.4 is 0 Å². The van der Waals surface area contributed by atoms with Gasteiger partial charge in [0.05, 0.1) is 13.4 Å². The van der Waals surface area contributed by atoms with Gasteiger partial charge in [-0.25, -0.2) is 9.78 Å². The lowest BCUT2D eigenvalue weighted by atomic mass is 10.5. The minimum absolute atomic E-state index is 0.319. The molecule has 1 heterocycles. The van der Waals surface area contributed by atoms with Crippen LogP contribution in [0.2, 0.25) is 0 Å². The third-order valence-electron chi connectivity index (χ3n) is 1.49. The van der Waals surface area contributed by atoms with Gasteiger partial charge in [-0.15, -0.1) is 0 Å². The van der Waals surface area contributed by atoms with Gasteiger partial charge in [-0.2, -0.15) is 0 Å². The topological polar surface area (TPSA) is 44.1 Å². The molecular formula is C7H9BrN2O2. The Balaban J connectivity index is 3.02. The van der Waals surface area contributed by atoms with E-state index in [1.165, 1.54) is 7.11 Å². The largest absolute Gasteiger partial charge is 0.464 e. The van der Waals surface area contributed by atoms with Gasteiger partial charge in [0.25, 0.3) is 0 Å². The average Bonchev–Trinajstić information content (AvgIpc) is 2.45. The van der Waals surface area contributed by atoms with Gasteiger partial charge in [0.1, 0.15) is 4.60 Å². The molecule has 12 heavy (non-hydrogen) atoms. The number of carbonyl (C=O) groups excluding carboxylic acids is 1. The molecule has 0 spiro atoms. The third-order valence-corrected chi connectivity index (χ3v) is 2.32. The molecule has 0 aliphatic rings. The molecule has 0 bridgehead atoms. The number of hydrogen-bond acceptors (Lipinski definition) is 3. The maximum Gasteiger partial charge on any atom is 0.359 e. The van der Waals surface area contributed by atoms with Gasteiger partial charge in [0.15, 0.2) is 5.69 Å². The average molecular weight is 233 g/mol. The predicted molar refractivity (Wildman–Crippen MR) is 46.9 cm³/mol. The molecule has 0 atom stereocenters. The number of esters is 1. The highest BCUT2D eigenvalue weighted by atomic mass is 79.9. The molecule has 0 fully saturated rings. The maximum atomic E-state index is 11.0. The van der Waals surface area contributed by atoms with Gasteiger partial charge in [-0.1, -0.05) is 0 Å². The van der Waals surface area contributed by atoms with Crippen LogP contribution in [0.3, 0.4) is 0 Å². The summed E-state index contributed by atoms with van der Waals surface area (Å²) in [5, 5.41) is 0. The number of hydrogen-bond donors (Lipinski definition) is 0. The van der Waals surface area contributed by atoms with Crippen molar-refractivity contribution in [3.8, 4) is 0 Å².